The molecular weight excluding hydrogens is 792 g/mol. The maximum atomic E-state index is 9.08. The van der Waals surface area contributed by atoms with E-state index in [1.54, 1.807) is 7.11 Å². The topological polar surface area (TPSA) is 102 Å². The zero-order valence-electron chi connectivity index (χ0n) is 34.7. The van der Waals surface area contributed by atoms with Gasteiger partial charge in [-0.2, -0.15) is 0 Å². The Kier molecular flexibility index (Phi) is 16.8. The standard InChI is InChI=1S/C31H49O2P.C12H12N.CH4O3S.Pd/c1-19(2)22-17-23(20(3)4)27(24(18-22)21(5)6)28-25(32-13)15-16-26(33-14)29(28)34(30(7,8)9)31(10,11)12;13-12-9-5-4-8-11(12)10-6-2-1-3-7-10;1-5(2,3)4;/h15-21H,1-14H3;1-8H,9,13H2;1H3,(H,2,3,4);/q;;;+1/p-1. The van der Waals surface area contributed by atoms with Gasteiger partial charge >= 0.3 is 95.1 Å². The summed E-state index contributed by atoms with van der Waals surface area (Å²) in [4.78, 5) is 0. The molecule has 0 radical (unpaired) electrons. The molecule has 0 bridgehead atoms. The van der Waals surface area contributed by atoms with E-state index in [2.05, 4.69) is 157 Å². The summed E-state index contributed by atoms with van der Waals surface area (Å²) in [6.45, 7) is 28.1. The number of nitrogens with two attached hydrogens (primary N) is 1. The van der Waals surface area contributed by atoms with Crippen LogP contribution in [0.5, 0.6) is 11.5 Å². The molecule has 0 saturated carbocycles. The zero-order valence-corrected chi connectivity index (χ0v) is 37.9. The van der Waals surface area contributed by atoms with E-state index in [1.807, 2.05) is 25.3 Å². The van der Waals surface area contributed by atoms with E-state index in [0.29, 0.717) is 24.0 Å². The number of rotatable bonds is 8. The SMILES string of the molecule is COc1ccc(OC)c(P(C(C)(C)C)C(C)(C)C)c1-c1c(C(C)C)cc(C(C)C)cc1C(C)C.CS(=O)(=O)[O-].N[C]1([Pd+])CC=CC=C1c1ccccc1. The number of methoxy groups -OCH3 is 2. The molecule has 0 amide bonds. The average Bonchev–Trinajstić information content (AvgIpc) is 3.02. The van der Waals surface area contributed by atoms with Crippen molar-refractivity contribution in [2.24, 2.45) is 5.73 Å². The molecule has 3 aromatic carbocycles. The first-order valence-electron chi connectivity index (χ1n) is 18.3. The van der Waals surface area contributed by atoms with Crippen molar-refractivity contribution in [2.75, 3.05) is 20.5 Å². The molecule has 6 nitrogen and oxygen atoms in total. The molecule has 1 unspecified atom stereocenters. The van der Waals surface area contributed by atoms with Gasteiger partial charge in [-0.25, -0.2) is 8.42 Å². The van der Waals surface area contributed by atoms with Gasteiger partial charge in [-0.3, -0.25) is 0 Å². The number of hydrogen-bond donors (Lipinski definition) is 1. The summed E-state index contributed by atoms with van der Waals surface area (Å²) < 4.78 is 39.1. The zero-order chi connectivity index (χ0) is 40.7. The van der Waals surface area contributed by atoms with Gasteiger partial charge in [-0.1, -0.05) is 103 Å². The van der Waals surface area contributed by atoms with Gasteiger partial charge in [0.05, 0.1) is 24.3 Å². The predicted molar refractivity (Wildman–Crippen MR) is 224 cm³/mol. The van der Waals surface area contributed by atoms with Gasteiger partial charge in [-0.15, -0.1) is 0 Å². The van der Waals surface area contributed by atoms with Crippen molar-refractivity contribution in [1.82, 2.24) is 0 Å². The third kappa shape index (κ3) is 13.2. The molecule has 0 fully saturated rings. The van der Waals surface area contributed by atoms with Gasteiger partial charge in [0, 0.05) is 17.1 Å². The third-order valence-electron chi connectivity index (χ3n) is 8.81. The molecular formula is C44H64NO5PPdS. The molecule has 1 atom stereocenters. The van der Waals surface area contributed by atoms with E-state index in [-0.39, 0.29) is 14.3 Å². The van der Waals surface area contributed by atoms with Gasteiger partial charge < -0.3 is 14.0 Å². The Morgan fingerprint density at radius 3 is 1.62 bits per heavy atom. The van der Waals surface area contributed by atoms with Crippen molar-refractivity contribution < 1.29 is 41.6 Å². The Morgan fingerprint density at radius 2 is 1.25 bits per heavy atom. The molecule has 0 spiro atoms. The summed E-state index contributed by atoms with van der Waals surface area (Å²) >= 11 is 3.26. The molecule has 0 aliphatic heterocycles. The Bertz CT molecular complexity index is 1780. The minimum atomic E-state index is -3.92. The van der Waals surface area contributed by atoms with Gasteiger partial charge in [-0.05, 0) is 62.5 Å². The maximum absolute atomic E-state index is 9.08. The van der Waals surface area contributed by atoms with Crippen LogP contribution in [0.15, 0.2) is 72.8 Å². The van der Waals surface area contributed by atoms with Crippen molar-refractivity contribution in [3.8, 4) is 22.6 Å². The number of hydrogen-bond acceptors (Lipinski definition) is 6. The van der Waals surface area contributed by atoms with Crippen LogP contribution in [-0.2, 0) is 29.3 Å². The Labute approximate surface area is 334 Å². The summed E-state index contributed by atoms with van der Waals surface area (Å²) in [6.07, 6.45) is 7.66. The first kappa shape index (κ1) is 46.9. The third-order valence-corrected chi connectivity index (χ3v) is 13.1. The molecule has 1 aliphatic rings. The van der Waals surface area contributed by atoms with Crippen molar-refractivity contribution in [3.05, 3.63) is 95.1 Å². The van der Waals surface area contributed by atoms with Gasteiger partial charge in [0.2, 0.25) is 0 Å². The van der Waals surface area contributed by atoms with Gasteiger partial charge in [0.15, 0.2) is 0 Å². The van der Waals surface area contributed by atoms with Crippen molar-refractivity contribution in [1.29, 1.82) is 0 Å². The van der Waals surface area contributed by atoms with E-state index < -0.39 is 18.0 Å². The van der Waals surface area contributed by atoms with Crippen LogP contribution < -0.4 is 20.5 Å². The normalized spacial score (nSPS) is 16.2. The summed E-state index contributed by atoms with van der Waals surface area (Å²) in [5.74, 6) is 3.19. The van der Waals surface area contributed by atoms with Crippen molar-refractivity contribution >= 4 is 28.9 Å². The second-order valence-corrected chi connectivity index (χ2v) is 23.1. The van der Waals surface area contributed by atoms with E-state index in [9.17, 15) is 0 Å². The second kappa shape index (κ2) is 19.0. The van der Waals surface area contributed by atoms with Crippen LogP contribution in [0.2, 0.25) is 0 Å². The van der Waals surface area contributed by atoms with Crippen LogP contribution in [0.1, 0.15) is 130 Å². The molecule has 3 aromatic rings. The predicted octanol–water partition coefficient (Wildman–Crippen LogP) is 10.8. The first-order valence-corrected chi connectivity index (χ1v) is 22.2. The van der Waals surface area contributed by atoms with E-state index in [4.69, 9.17) is 28.2 Å². The van der Waals surface area contributed by atoms with Crippen LogP contribution in [-0.4, -0.2) is 47.8 Å². The minimum absolute atomic E-state index is 0.0931. The molecule has 4 rings (SSSR count). The summed E-state index contributed by atoms with van der Waals surface area (Å²) in [5.41, 5.74) is 15.3. The van der Waals surface area contributed by atoms with Crippen LogP contribution in [0.3, 0.4) is 0 Å². The van der Waals surface area contributed by atoms with Crippen molar-refractivity contribution in [3.63, 3.8) is 0 Å². The summed E-state index contributed by atoms with van der Waals surface area (Å²) in [5, 5.41) is 1.52. The van der Waals surface area contributed by atoms with Crippen LogP contribution in [0.25, 0.3) is 16.7 Å². The van der Waals surface area contributed by atoms with E-state index in [0.717, 1.165) is 23.5 Å². The molecule has 9 heteroatoms. The van der Waals surface area contributed by atoms with Crippen molar-refractivity contribution in [2.45, 2.75) is 122 Å². The number of benzene rings is 3. The molecule has 0 heterocycles. The van der Waals surface area contributed by atoms with Gasteiger partial charge in [0.25, 0.3) is 0 Å². The molecule has 0 saturated heterocycles. The van der Waals surface area contributed by atoms with Gasteiger partial charge in [0.1, 0.15) is 11.5 Å². The molecule has 0 aromatic heterocycles. The summed E-state index contributed by atoms with van der Waals surface area (Å²) in [6, 6.07) is 19.3. The fourth-order valence-electron chi connectivity index (χ4n) is 6.86. The number of ether oxygens (including phenoxy) is 2. The monoisotopic (exact) mass is 855 g/mol. The molecule has 53 heavy (non-hydrogen) atoms. The van der Waals surface area contributed by atoms with Crippen LogP contribution in [0, 0.1) is 0 Å². The molecule has 1 aliphatic carbocycles. The Morgan fingerprint density at radius 1 is 0.792 bits per heavy atom. The molecule has 2 N–H and O–H groups in total. The summed E-state index contributed by atoms with van der Waals surface area (Å²) in [7, 11) is -0.924. The van der Waals surface area contributed by atoms with E-state index in [1.165, 1.54) is 38.7 Å². The quantitative estimate of drug-likeness (QED) is 0.138. The number of allylic oxidation sites excluding steroid dienone is 2. The Hall–Kier alpha value is -2.30. The fraction of sp³-hybridized carbons (Fsp3) is 0.500. The van der Waals surface area contributed by atoms with Crippen LogP contribution >= 0.6 is 7.92 Å². The van der Waals surface area contributed by atoms with E-state index >= 15 is 0 Å². The fourth-order valence-corrected chi connectivity index (χ4v) is 11.6. The first-order chi connectivity index (χ1) is 24.3. The second-order valence-electron chi connectivity index (χ2n) is 16.5. The average molecular weight is 856 g/mol. The molecule has 296 valence electrons. The Balaban J connectivity index is 0.000000416. The van der Waals surface area contributed by atoms with Crippen LogP contribution in [0.4, 0.5) is 0 Å².